The van der Waals surface area contributed by atoms with Crippen molar-refractivity contribution in [2.24, 2.45) is 0 Å². The summed E-state index contributed by atoms with van der Waals surface area (Å²) in [5.41, 5.74) is 3.62. The predicted molar refractivity (Wildman–Crippen MR) is 83.6 cm³/mol. The molecule has 0 radical (unpaired) electrons. The summed E-state index contributed by atoms with van der Waals surface area (Å²) in [5, 5.41) is 3.52. The largest absolute Gasteiger partial charge is 0.311 e. The molecule has 1 heterocycles. The number of likely N-dealkylation sites (N-methyl/N-ethyl adjacent to an activating group) is 1. The Balaban J connectivity index is 1.91. The number of nitrogens with one attached hydrogen (secondary N) is 1. The summed E-state index contributed by atoms with van der Waals surface area (Å²) in [6.07, 6.45) is 1.94. The van der Waals surface area contributed by atoms with Gasteiger partial charge >= 0.3 is 0 Å². The van der Waals surface area contributed by atoms with Gasteiger partial charge in [-0.1, -0.05) is 36.4 Å². The molecular weight excluding hydrogens is 246 g/mol. The van der Waals surface area contributed by atoms with Crippen molar-refractivity contribution in [1.82, 2.24) is 15.2 Å². The molecule has 2 rings (SSSR count). The van der Waals surface area contributed by atoms with Gasteiger partial charge in [0, 0.05) is 31.0 Å². The average molecular weight is 269 g/mol. The zero-order valence-electron chi connectivity index (χ0n) is 12.5. The van der Waals surface area contributed by atoms with Crippen LogP contribution in [0.5, 0.6) is 0 Å². The minimum Gasteiger partial charge on any atom is -0.311 e. The van der Waals surface area contributed by atoms with Crippen LogP contribution in [0.15, 0.2) is 48.7 Å². The molecule has 1 atom stereocenters. The Morgan fingerprint density at radius 1 is 1.10 bits per heavy atom. The normalized spacial score (nSPS) is 12.6. The van der Waals surface area contributed by atoms with E-state index >= 15 is 0 Å². The predicted octanol–water partition coefficient (Wildman–Crippen LogP) is 2.78. The monoisotopic (exact) mass is 269 g/mol. The fraction of sp³-hybridized carbons (Fsp3) is 0.353. The highest BCUT2D eigenvalue weighted by Crippen LogP contribution is 2.16. The number of hydrogen-bond acceptors (Lipinski definition) is 3. The number of hydrogen-bond donors (Lipinski definition) is 1. The zero-order chi connectivity index (χ0) is 14.4. The summed E-state index contributed by atoms with van der Waals surface area (Å²) < 4.78 is 0. The fourth-order valence-electron chi connectivity index (χ4n) is 2.23. The number of rotatable bonds is 6. The van der Waals surface area contributed by atoms with Crippen molar-refractivity contribution in [3.8, 4) is 0 Å². The lowest BCUT2D eigenvalue weighted by molar-refractivity contribution is 0.288. The maximum Gasteiger partial charge on any atom is 0.0466 e. The Morgan fingerprint density at radius 2 is 1.85 bits per heavy atom. The lowest BCUT2D eigenvalue weighted by Gasteiger charge is -2.25. The fourth-order valence-corrected chi connectivity index (χ4v) is 2.23. The molecule has 1 aromatic carbocycles. The molecule has 3 nitrogen and oxygen atoms in total. The third kappa shape index (κ3) is 4.15. The number of nitrogens with zero attached hydrogens (tertiary/aromatic N) is 2. The molecule has 0 aliphatic heterocycles. The van der Waals surface area contributed by atoms with E-state index in [2.05, 4.69) is 71.8 Å². The lowest BCUT2D eigenvalue weighted by Crippen LogP contribution is -2.30. The van der Waals surface area contributed by atoms with Crippen molar-refractivity contribution >= 4 is 0 Å². The second kappa shape index (κ2) is 7.17. The highest BCUT2D eigenvalue weighted by atomic mass is 15.1. The number of pyridine rings is 1. The Morgan fingerprint density at radius 3 is 2.45 bits per heavy atom. The molecule has 0 amide bonds. The van der Waals surface area contributed by atoms with Gasteiger partial charge in [-0.2, -0.15) is 0 Å². The van der Waals surface area contributed by atoms with Gasteiger partial charge in [-0.05, 0) is 38.2 Å². The van der Waals surface area contributed by atoms with E-state index in [9.17, 15) is 0 Å². The smallest absolute Gasteiger partial charge is 0.0466 e. The summed E-state index contributed by atoms with van der Waals surface area (Å²) in [4.78, 5) is 6.57. The van der Waals surface area contributed by atoms with Gasteiger partial charge in [-0.3, -0.25) is 4.98 Å². The van der Waals surface area contributed by atoms with Crippen LogP contribution in [0.3, 0.4) is 0 Å². The molecule has 2 aromatic rings. The molecule has 1 aromatic heterocycles. The third-order valence-electron chi connectivity index (χ3n) is 3.45. The van der Waals surface area contributed by atoms with E-state index in [4.69, 9.17) is 0 Å². The molecule has 0 saturated heterocycles. The summed E-state index contributed by atoms with van der Waals surface area (Å²) in [6.45, 7) is 3.78. The molecule has 0 aliphatic rings. The van der Waals surface area contributed by atoms with E-state index < -0.39 is 0 Å². The Labute approximate surface area is 121 Å². The molecule has 1 N–H and O–H groups in total. The van der Waals surface area contributed by atoms with Crippen molar-refractivity contribution in [2.45, 2.75) is 19.5 Å². The number of aryl methyl sites for hydroxylation is 1. The number of benzene rings is 1. The highest BCUT2D eigenvalue weighted by Gasteiger charge is 2.12. The van der Waals surface area contributed by atoms with Crippen LogP contribution in [0.4, 0.5) is 0 Å². The van der Waals surface area contributed by atoms with Gasteiger partial charge in [-0.15, -0.1) is 0 Å². The standard InChI is InChI=1S/C17H23N3/c1-14-9-10-15(12-19-14)11-18-13-17(20(2)3)16-7-5-4-6-8-16/h4-10,12,17-18H,11,13H2,1-3H3. The molecule has 0 spiro atoms. The van der Waals surface area contributed by atoms with E-state index in [0.717, 1.165) is 18.8 Å². The zero-order valence-corrected chi connectivity index (χ0v) is 12.5. The van der Waals surface area contributed by atoms with Crippen molar-refractivity contribution in [1.29, 1.82) is 0 Å². The van der Waals surface area contributed by atoms with Gasteiger partial charge in [0.25, 0.3) is 0 Å². The Hall–Kier alpha value is -1.71. The molecule has 0 saturated carbocycles. The average Bonchev–Trinajstić information content (AvgIpc) is 2.46. The minimum atomic E-state index is 0.384. The van der Waals surface area contributed by atoms with Crippen molar-refractivity contribution < 1.29 is 0 Å². The first kappa shape index (κ1) is 14.7. The second-order valence-corrected chi connectivity index (χ2v) is 5.33. The van der Waals surface area contributed by atoms with Gasteiger partial charge < -0.3 is 10.2 Å². The molecule has 3 heteroatoms. The van der Waals surface area contributed by atoms with Crippen LogP contribution < -0.4 is 5.32 Å². The van der Waals surface area contributed by atoms with Crippen LogP contribution in [-0.2, 0) is 6.54 Å². The summed E-state index contributed by atoms with van der Waals surface area (Å²) in [5.74, 6) is 0. The van der Waals surface area contributed by atoms with Crippen LogP contribution in [0.2, 0.25) is 0 Å². The maximum absolute atomic E-state index is 4.32. The van der Waals surface area contributed by atoms with Gasteiger partial charge in [0.05, 0.1) is 0 Å². The SMILES string of the molecule is Cc1ccc(CNCC(c2ccccc2)N(C)C)cn1. The maximum atomic E-state index is 4.32. The van der Waals surface area contributed by atoms with Gasteiger partial charge in [0.1, 0.15) is 0 Å². The topological polar surface area (TPSA) is 28.2 Å². The van der Waals surface area contributed by atoms with Crippen LogP contribution in [0.25, 0.3) is 0 Å². The molecule has 0 fully saturated rings. The third-order valence-corrected chi connectivity index (χ3v) is 3.45. The Kier molecular flexibility index (Phi) is 5.27. The van der Waals surface area contributed by atoms with Crippen LogP contribution in [0.1, 0.15) is 22.9 Å². The van der Waals surface area contributed by atoms with Gasteiger partial charge in [0.2, 0.25) is 0 Å². The first-order chi connectivity index (χ1) is 9.66. The molecule has 106 valence electrons. The summed E-state index contributed by atoms with van der Waals surface area (Å²) in [6, 6.07) is 15.2. The van der Waals surface area contributed by atoms with Crippen molar-refractivity contribution in [2.75, 3.05) is 20.6 Å². The van der Waals surface area contributed by atoms with E-state index in [1.807, 2.05) is 13.1 Å². The minimum absolute atomic E-state index is 0.384. The molecule has 20 heavy (non-hydrogen) atoms. The van der Waals surface area contributed by atoms with Gasteiger partial charge in [0.15, 0.2) is 0 Å². The van der Waals surface area contributed by atoms with E-state index in [1.54, 1.807) is 0 Å². The van der Waals surface area contributed by atoms with Crippen LogP contribution in [-0.4, -0.2) is 30.5 Å². The van der Waals surface area contributed by atoms with Crippen LogP contribution >= 0.6 is 0 Å². The van der Waals surface area contributed by atoms with E-state index in [0.29, 0.717) is 6.04 Å². The van der Waals surface area contributed by atoms with E-state index in [1.165, 1.54) is 11.1 Å². The lowest BCUT2D eigenvalue weighted by atomic mass is 10.1. The second-order valence-electron chi connectivity index (χ2n) is 5.33. The van der Waals surface area contributed by atoms with Crippen molar-refractivity contribution in [3.05, 3.63) is 65.5 Å². The summed E-state index contributed by atoms with van der Waals surface area (Å²) >= 11 is 0. The van der Waals surface area contributed by atoms with Gasteiger partial charge in [-0.25, -0.2) is 0 Å². The molecular formula is C17H23N3. The molecule has 1 unspecified atom stereocenters. The Bertz CT molecular complexity index is 506. The highest BCUT2D eigenvalue weighted by molar-refractivity contribution is 5.19. The first-order valence-corrected chi connectivity index (χ1v) is 7.00. The number of aromatic nitrogens is 1. The van der Waals surface area contributed by atoms with Crippen LogP contribution in [0, 0.1) is 6.92 Å². The summed E-state index contributed by atoms with van der Waals surface area (Å²) in [7, 11) is 4.24. The van der Waals surface area contributed by atoms with E-state index in [-0.39, 0.29) is 0 Å². The first-order valence-electron chi connectivity index (χ1n) is 7.00. The van der Waals surface area contributed by atoms with Crippen molar-refractivity contribution in [3.63, 3.8) is 0 Å². The molecule has 0 bridgehead atoms. The quantitative estimate of drug-likeness (QED) is 0.874. The molecule has 0 aliphatic carbocycles.